The third-order valence-corrected chi connectivity index (χ3v) is 4.02. The van der Waals surface area contributed by atoms with Crippen molar-refractivity contribution in [2.75, 3.05) is 11.9 Å². The first-order valence-electron chi connectivity index (χ1n) is 7.84. The third kappa shape index (κ3) is 4.64. The molecule has 1 saturated carbocycles. The number of nitrogens with one attached hydrogen (secondary N) is 1. The van der Waals surface area contributed by atoms with Crippen molar-refractivity contribution in [3.05, 3.63) is 18.0 Å². The maximum atomic E-state index is 10.1. The Balaban J connectivity index is 1.97. The molecule has 1 fully saturated rings. The molecule has 2 N–H and O–H groups in total. The molecule has 0 aliphatic heterocycles. The summed E-state index contributed by atoms with van der Waals surface area (Å²) in [7, 11) is 1.97. The second kappa shape index (κ2) is 6.71. The lowest BCUT2D eigenvalue weighted by Gasteiger charge is -2.35. The van der Waals surface area contributed by atoms with Gasteiger partial charge >= 0.3 is 0 Å². The molecule has 1 aliphatic rings. The molecular formula is C16H28N4O. The van der Waals surface area contributed by atoms with Crippen LogP contribution in [0.25, 0.3) is 0 Å². The number of aromatic nitrogens is 2. The smallest absolute Gasteiger partial charge is 0.225 e. The van der Waals surface area contributed by atoms with E-state index >= 15 is 0 Å². The van der Waals surface area contributed by atoms with E-state index in [0.29, 0.717) is 5.95 Å². The minimum absolute atomic E-state index is 0.0850. The van der Waals surface area contributed by atoms with Gasteiger partial charge in [-0.2, -0.15) is 0 Å². The fraction of sp³-hybridized carbons (Fsp3) is 0.750. The highest BCUT2D eigenvalue weighted by Gasteiger charge is 2.27. The van der Waals surface area contributed by atoms with Gasteiger partial charge in [-0.15, -0.1) is 0 Å². The number of nitrogens with zero attached hydrogens (tertiary/aromatic N) is 3. The topological polar surface area (TPSA) is 61.3 Å². The molecule has 2 atom stereocenters. The highest BCUT2D eigenvalue weighted by molar-refractivity contribution is 5.31. The van der Waals surface area contributed by atoms with Gasteiger partial charge in [-0.05, 0) is 33.6 Å². The average molecular weight is 292 g/mol. The summed E-state index contributed by atoms with van der Waals surface area (Å²) in [5, 5.41) is 13.5. The predicted molar refractivity (Wildman–Crippen MR) is 85.3 cm³/mol. The molecule has 0 spiro atoms. The zero-order chi connectivity index (χ0) is 15.5. The molecule has 21 heavy (non-hydrogen) atoms. The number of hydrogen-bond acceptors (Lipinski definition) is 5. The van der Waals surface area contributed by atoms with Crippen molar-refractivity contribution in [2.24, 2.45) is 0 Å². The lowest BCUT2D eigenvalue weighted by atomic mass is 9.92. The van der Waals surface area contributed by atoms with Crippen LogP contribution in [-0.4, -0.2) is 39.8 Å². The Morgan fingerprint density at radius 1 is 1.24 bits per heavy atom. The highest BCUT2D eigenvalue weighted by Crippen LogP contribution is 2.24. The number of anilines is 1. The van der Waals surface area contributed by atoms with Crippen molar-refractivity contribution in [2.45, 2.75) is 70.7 Å². The molecule has 1 aliphatic carbocycles. The Kier molecular flexibility index (Phi) is 5.17. The van der Waals surface area contributed by atoms with Crippen molar-refractivity contribution >= 4 is 5.95 Å². The maximum Gasteiger partial charge on any atom is 0.225 e. The largest absolute Gasteiger partial charge is 0.391 e. The number of aliphatic hydroxyl groups is 1. The standard InChI is InChI=1S/C16H28N4O/c1-16(2,3)19-11-12-9-17-15(18-10-12)20(4)13-7-5-6-8-14(13)21/h9-10,13-14,19,21H,5-8,11H2,1-4H3. The Labute approximate surface area is 127 Å². The quantitative estimate of drug-likeness (QED) is 0.890. The summed E-state index contributed by atoms with van der Waals surface area (Å²) >= 11 is 0. The van der Waals surface area contributed by atoms with E-state index in [1.165, 1.54) is 6.42 Å². The fourth-order valence-electron chi connectivity index (χ4n) is 2.68. The normalized spacial score (nSPS) is 23.1. The van der Waals surface area contributed by atoms with Gasteiger partial charge in [0.15, 0.2) is 0 Å². The summed E-state index contributed by atoms with van der Waals surface area (Å²) in [4.78, 5) is 10.9. The molecule has 1 aromatic rings. The van der Waals surface area contributed by atoms with Crippen molar-refractivity contribution in [3.8, 4) is 0 Å². The molecule has 0 saturated heterocycles. The molecule has 2 rings (SSSR count). The number of rotatable bonds is 4. The number of likely N-dealkylation sites (N-methyl/N-ethyl adjacent to an activating group) is 1. The highest BCUT2D eigenvalue weighted by atomic mass is 16.3. The first-order valence-corrected chi connectivity index (χ1v) is 7.84. The molecule has 5 nitrogen and oxygen atoms in total. The van der Waals surface area contributed by atoms with E-state index in [1.807, 2.05) is 24.3 Å². The molecule has 0 amide bonds. The third-order valence-electron chi connectivity index (χ3n) is 4.02. The van der Waals surface area contributed by atoms with Crippen molar-refractivity contribution in [1.82, 2.24) is 15.3 Å². The van der Waals surface area contributed by atoms with E-state index < -0.39 is 0 Å². The van der Waals surface area contributed by atoms with Gasteiger partial charge in [-0.1, -0.05) is 12.8 Å². The first kappa shape index (κ1) is 16.2. The van der Waals surface area contributed by atoms with Gasteiger partial charge in [0.05, 0.1) is 12.1 Å². The molecule has 118 valence electrons. The molecule has 5 heteroatoms. The maximum absolute atomic E-state index is 10.1. The van der Waals surface area contributed by atoms with Crippen LogP contribution in [0, 0.1) is 0 Å². The van der Waals surface area contributed by atoms with Crippen LogP contribution in [0.3, 0.4) is 0 Å². The van der Waals surface area contributed by atoms with Gasteiger partial charge in [0.25, 0.3) is 0 Å². The Morgan fingerprint density at radius 3 is 2.43 bits per heavy atom. The van der Waals surface area contributed by atoms with E-state index in [1.54, 1.807) is 0 Å². The van der Waals surface area contributed by atoms with Crippen LogP contribution >= 0.6 is 0 Å². The summed E-state index contributed by atoms with van der Waals surface area (Å²) in [5.74, 6) is 0.695. The summed E-state index contributed by atoms with van der Waals surface area (Å²) in [6.07, 6.45) is 7.63. The monoisotopic (exact) mass is 292 g/mol. The van der Waals surface area contributed by atoms with Crippen LogP contribution in [0.1, 0.15) is 52.0 Å². The Bertz CT molecular complexity index is 441. The molecular weight excluding hydrogens is 264 g/mol. The van der Waals surface area contributed by atoms with Gasteiger partial charge in [-0.3, -0.25) is 0 Å². The van der Waals surface area contributed by atoms with Gasteiger partial charge in [0, 0.05) is 37.1 Å². The molecule has 1 aromatic heterocycles. The van der Waals surface area contributed by atoms with Crippen LogP contribution in [-0.2, 0) is 6.54 Å². The second-order valence-electron chi connectivity index (χ2n) is 7.02. The zero-order valence-corrected chi connectivity index (χ0v) is 13.6. The molecule has 0 bridgehead atoms. The number of hydrogen-bond donors (Lipinski definition) is 2. The van der Waals surface area contributed by atoms with Crippen LogP contribution in [0.4, 0.5) is 5.95 Å². The fourth-order valence-corrected chi connectivity index (χ4v) is 2.68. The molecule has 2 unspecified atom stereocenters. The van der Waals surface area contributed by atoms with E-state index in [2.05, 4.69) is 36.1 Å². The van der Waals surface area contributed by atoms with Crippen LogP contribution in [0.15, 0.2) is 12.4 Å². The molecule has 0 radical (unpaired) electrons. The van der Waals surface area contributed by atoms with Crippen molar-refractivity contribution < 1.29 is 5.11 Å². The molecule has 1 heterocycles. The SMILES string of the molecule is CN(c1ncc(CNC(C)(C)C)cn1)C1CCCCC1O. The van der Waals surface area contributed by atoms with Crippen LogP contribution < -0.4 is 10.2 Å². The summed E-state index contributed by atoms with van der Waals surface area (Å²) in [5.41, 5.74) is 1.16. The van der Waals surface area contributed by atoms with Crippen LogP contribution in [0.5, 0.6) is 0 Å². The minimum atomic E-state index is -0.269. The lowest BCUT2D eigenvalue weighted by Crippen LogP contribution is -2.44. The van der Waals surface area contributed by atoms with Gasteiger partial charge < -0.3 is 15.3 Å². The van der Waals surface area contributed by atoms with Gasteiger partial charge in [-0.25, -0.2) is 9.97 Å². The summed E-state index contributed by atoms with van der Waals surface area (Å²) < 4.78 is 0. The van der Waals surface area contributed by atoms with Crippen molar-refractivity contribution in [3.63, 3.8) is 0 Å². The van der Waals surface area contributed by atoms with E-state index in [4.69, 9.17) is 0 Å². The average Bonchev–Trinajstić information content (AvgIpc) is 2.45. The van der Waals surface area contributed by atoms with Crippen LogP contribution in [0.2, 0.25) is 0 Å². The van der Waals surface area contributed by atoms with E-state index in [9.17, 15) is 5.11 Å². The van der Waals surface area contributed by atoms with Gasteiger partial charge in [0.2, 0.25) is 5.95 Å². The zero-order valence-electron chi connectivity index (χ0n) is 13.6. The van der Waals surface area contributed by atoms with E-state index in [-0.39, 0.29) is 17.7 Å². The predicted octanol–water partition coefficient (Wildman–Crippen LogP) is 2.10. The summed E-state index contributed by atoms with van der Waals surface area (Å²) in [6.45, 7) is 7.18. The Hall–Kier alpha value is -1.20. The van der Waals surface area contributed by atoms with Gasteiger partial charge in [0.1, 0.15) is 0 Å². The van der Waals surface area contributed by atoms with Crippen molar-refractivity contribution in [1.29, 1.82) is 0 Å². The lowest BCUT2D eigenvalue weighted by molar-refractivity contribution is 0.105. The summed E-state index contributed by atoms with van der Waals surface area (Å²) in [6, 6.07) is 0.136. The first-order chi connectivity index (χ1) is 9.87. The molecule has 0 aromatic carbocycles. The Morgan fingerprint density at radius 2 is 1.86 bits per heavy atom. The number of aliphatic hydroxyl groups excluding tert-OH is 1. The second-order valence-corrected chi connectivity index (χ2v) is 7.02. The van der Waals surface area contributed by atoms with E-state index in [0.717, 1.165) is 31.4 Å². The minimum Gasteiger partial charge on any atom is -0.391 e.